The molecule has 1 heterocycles. The Morgan fingerprint density at radius 1 is 0.960 bits per heavy atom. The van der Waals surface area contributed by atoms with Crippen molar-refractivity contribution in [3.05, 3.63) is 68.5 Å². The third-order valence-electron chi connectivity index (χ3n) is 4.77. The van der Waals surface area contributed by atoms with Crippen LogP contribution in [0.15, 0.2) is 52.1 Å². The smallest absolute Gasteiger partial charge is 0.235 e. The van der Waals surface area contributed by atoms with E-state index >= 15 is 0 Å². The number of H-pyrrole nitrogens is 1. The molecule has 0 bridgehead atoms. The highest BCUT2D eigenvalue weighted by atomic mass is 16.3. The van der Waals surface area contributed by atoms with E-state index in [-0.39, 0.29) is 23.8 Å². The number of fused-ring (bicyclic) bond motifs is 2. The highest BCUT2D eigenvalue weighted by Gasteiger charge is 2.32. The number of rotatable bonds is 4. The maximum Gasteiger partial charge on any atom is 0.235 e. The first-order valence-electron chi connectivity index (χ1n) is 8.27. The van der Waals surface area contributed by atoms with Crippen molar-refractivity contribution < 1.29 is 9.90 Å². The zero-order chi connectivity index (χ0) is 18.2. The van der Waals surface area contributed by atoms with Crippen LogP contribution >= 0.6 is 0 Å². The van der Waals surface area contributed by atoms with Gasteiger partial charge in [0, 0.05) is 22.0 Å². The van der Waals surface area contributed by atoms with Crippen LogP contribution in [-0.2, 0) is 0 Å². The summed E-state index contributed by atoms with van der Waals surface area (Å²) < 4.78 is 0. The van der Waals surface area contributed by atoms with Crippen LogP contribution < -0.4 is 10.9 Å². The molecule has 3 rings (SSSR count). The molecule has 0 spiro atoms. The van der Waals surface area contributed by atoms with Crippen LogP contribution in [-0.4, -0.2) is 21.5 Å². The molecule has 5 heteroatoms. The van der Waals surface area contributed by atoms with E-state index in [2.05, 4.69) is 4.98 Å². The summed E-state index contributed by atoms with van der Waals surface area (Å²) in [5, 5.41) is 10.9. The molecule has 5 nitrogen and oxygen atoms in total. The van der Waals surface area contributed by atoms with E-state index in [1.54, 1.807) is 50.2 Å². The van der Waals surface area contributed by atoms with E-state index < -0.39 is 22.2 Å². The Morgan fingerprint density at radius 2 is 1.56 bits per heavy atom. The number of carbonyl (C=O) groups excluding carboxylic acids is 1. The molecule has 0 radical (unpaired) electrons. The Bertz CT molecular complexity index is 1090. The van der Waals surface area contributed by atoms with E-state index in [1.807, 2.05) is 0 Å². The number of hydrogen-bond donors (Lipinski definition) is 2. The molecule has 3 aromatic rings. The molecule has 128 valence electrons. The number of aromatic amines is 1. The van der Waals surface area contributed by atoms with Crippen LogP contribution in [0.1, 0.15) is 37.0 Å². The molecule has 0 aliphatic heterocycles. The van der Waals surface area contributed by atoms with Crippen molar-refractivity contribution in [2.24, 2.45) is 0 Å². The van der Waals surface area contributed by atoms with Gasteiger partial charge in [-0.05, 0) is 43.2 Å². The number of Topliss-reactive ketones (excluding diaryl/α,β-unsaturated/α-hetero) is 1. The zero-order valence-corrected chi connectivity index (χ0v) is 14.1. The molecular formula is C20H19NO4. The van der Waals surface area contributed by atoms with E-state index in [0.29, 0.717) is 16.4 Å². The van der Waals surface area contributed by atoms with Gasteiger partial charge in [0.2, 0.25) is 10.9 Å². The fourth-order valence-corrected chi connectivity index (χ4v) is 3.00. The minimum atomic E-state index is -1.47. The predicted octanol–water partition coefficient (Wildman–Crippen LogP) is 2.78. The molecule has 0 unspecified atom stereocenters. The van der Waals surface area contributed by atoms with Crippen molar-refractivity contribution in [2.75, 3.05) is 0 Å². The lowest BCUT2D eigenvalue weighted by Crippen LogP contribution is -2.37. The van der Waals surface area contributed by atoms with Crippen molar-refractivity contribution in [3.8, 4) is 0 Å². The Morgan fingerprint density at radius 3 is 2.24 bits per heavy atom. The number of aliphatic hydroxyl groups is 1. The first kappa shape index (κ1) is 17.0. The van der Waals surface area contributed by atoms with E-state index in [1.165, 1.54) is 6.07 Å². The van der Waals surface area contributed by atoms with Gasteiger partial charge in [-0.15, -0.1) is 0 Å². The van der Waals surface area contributed by atoms with Crippen LogP contribution in [0.5, 0.6) is 0 Å². The molecule has 0 fully saturated rings. The van der Waals surface area contributed by atoms with Gasteiger partial charge in [-0.2, -0.15) is 0 Å². The molecule has 0 atom stereocenters. The maximum absolute atomic E-state index is 12.6. The SMILES string of the molecule is CCC(O)(CC)C(=O)c1ccc2[nH]c3ccccc3c(=O)c(=O)c2c1. The van der Waals surface area contributed by atoms with Crippen LogP contribution in [0.4, 0.5) is 0 Å². The van der Waals surface area contributed by atoms with Gasteiger partial charge < -0.3 is 10.1 Å². The largest absolute Gasteiger partial charge is 0.382 e. The Labute approximate surface area is 143 Å². The van der Waals surface area contributed by atoms with Gasteiger partial charge in [-0.3, -0.25) is 14.4 Å². The number of hydrogen-bond acceptors (Lipinski definition) is 4. The fourth-order valence-electron chi connectivity index (χ4n) is 3.00. The molecule has 0 amide bonds. The van der Waals surface area contributed by atoms with Gasteiger partial charge in [-0.1, -0.05) is 26.0 Å². The molecule has 0 aliphatic rings. The summed E-state index contributed by atoms with van der Waals surface area (Å²) in [6.07, 6.45) is 0.548. The number of para-hydroxylation sites is 1. The summed E-state index contributed by atoms with van der Waals surface area (Å²) in [4.78, 5) is 40.8. The standard InChI is InChI=1S/C20H19NO4/c1-3-20(25,4-2)19(24)12-9-10-16-14(11-12)18(23)17(22)13-7-5-6-8-15(13)21-16/h5-11,21,25H,3-4H2,1-2H3. The predicted molar refractivity (Wildman–Crippen MR) is 98.2 cm³/mol. The highest BCUT2D eigenvalue weighted by molar-refractivity contribution is 6.04. The van der Waals surface area contributed by atoms with Crippen LogP contribution in [0.25, 0.3) is 21.8 Å². The molecule has 2 N–H and O–H groups in total. The summed E-state index contributed by atoms with van der Waals surface area (Å²) in [6, 6.07) is 11.3. The Hall–Kier alpha value is -2.79. The lowest BCUT2D eigenvalue weighted by Gasteiger charge is -2.23. The van der Waals surface area contributed by atoms with Gasteiger partial charge in [0.25, 0.3) is 0 Å². The third kappa shape index (κ3) is 2.76. The first-order valence-corrected chi connectivity index (χ1v) is 8.27. The maximum atomic E-state index is 12.6. The monoisotopic (exact) mass is 337 g/mol. The van der Waals surface area contributed by atoms with Crippen LogP contribution in [0, 0.1) is 0 Å². The lowest BCUT2D eigenvalue weighted by molar-refractivity contribution is 0.0278. The minimum absolute atomic E-state index is 0.140. The van der Waals surface area contributed by atoms with Crippen molar-refractivity contribution in [1.29, 1.82) is 0 Å². The quantitative estimate of drug-likeness (QED) is 0.566. The van der Waals surface area contributed by atoms with Crippen molar-refractivity contribution >= 4 is 27.6 Å². The third-order valence-corrected chi connectivity index (χ3v) is 4.77. The summed E-state index contributed by atoms with van der Waals surface area (Å²) in [5.41, 5.74) is -1.51. The van der Waals surface area contributed by atoms with Crippen molar-refractivity contribution in [3.63, 3.8) is 0 Å². The highest BCUT2D eigenvalue weighted by Crippen LogP contribution is 2.22. The molecule has 0 aliphatic carbocycles. The average molecular weight is 337 g/mol. The second-order valence-corrected chi connectivity index (χ2v) is 6.16. The normalized spacial score (nSPS) is 11.8. The second-order valence-electron chi connectivity index (χ2n) is 6.16. The van der Waals surface area contributed by atoms with Crippen molar-refractivity contribution in [1.82, 2.24) is 4.98 Å². The molecule has 0 saturated carbocycles. The number of carbonyl (C=O) groups is 1. The van der Waals surface area contributed by atoms with Crippen molar-refractivity contribution in [2.45, 2.75) is 32.3 Å². The Kier molecular flexibility index (Phi) is 4.27. The van der Waals surface area contributed by atoms with Gasteiger partial charge in [0.05, 0.1) is 5.39 Å². The summed E-state index contributed by atoms with van der Waals surface area (Å²) in [5.74, 6) is -0.442. The van der Waals surface area contributed by atoms with E-state index in [4.69, 9.17) is 0 Å². The summed E-state index contributed by atoms with van der Waals surface area (Å²) in [7, 11) is 0. The lowest BCUT2D eigenvalue weighted by atomic mass is 9.87. The fraction of sp³-hybridized carbons (Fsp3) is 0.250. The average Bonchev–Trinajstić information content (AvgIpc) is 2.75. The van der Waals surface area contributed by atoms with Crippen LogP contribution in [0.3, 0.4) is 0 Å². The number of benzene rings is 2. The van der Waals surface area contributed by atoms with Gasteiger partial charge in [0.1, 0.15) is 5.60 Å². The molecule has 1 aromatic heterocycles. The topological polar surface area (TPSA) is 87.2 Å². The van der Waals surface area contributed by atoms with Gasteiger partial charge >= 0.3 is 0 Å². The Balaban J connectivity index is 2.34. The van der Waals surface area contributed by atoms with E-state index in [9.17, 15) is 19.5 Å². The van der Waals surface area contributed by atoms with E-state index in [0.717, 1.165) is 0 Å². The zero-order valence-electron chi connectivity index (χ0n) is 14.1. The summed E-state index contributed by atoms with van der Waals surface area (Å²) >= 11 is 0. The molecule has 0 saturated heterocycles. The number of aromatic nitrogens is 1. The number of ketones is 1. The van der Waals surface area contributed by atoms with Gasteiger partial charge in [0.15, 0.2) is 5.78 Å². The molecule has 25 heavy (non-hydrogen) atoms. The van der Waals surface area contributed by atoms with Crippen LogP contribution in [0.2, 0.25) is 0 Å². The minimum Gasteiger partial charge on any atom is -0.382 e. The molecular weight excluding hydrogens is 318 g/mol. The summed E-state index contributed by atoms with van der Waals surface area (Å²) in [6.45, 7) is 3.47. The molecule has 2 aromatic carbocycles. The first-order chi connectivity index (χ1) is 11.9. The number of nitrogens with one attached hydrogen (secondary N) is 1. The van der Waals surface area contributed by atoms with Gasteiger partial charge in [-0.25, -0.2) is 0 Å². The second kappa shape index (κ2) is 6.26.